The fraction of sp³-hybridized carbons (Fsp3) is 0.200. The lowest BCUT2D eigenvalue weighted by atomic mass is 10.2. The fourth-order valence-corrected chi connectivity index (χ4v) is 2.03. The van der Waals surface area contributed by atoms with Gasteiger partial charge in [-0.25, -0.2) is 4.98 Å². The van der Waals surface area contributed by atoms with Crippen LogP contribution in [0.15, 0.2) is 42.6 Å². The summed E-state index contributed by atoms with van der Waals surface area (Å²) in [7, 11) is 0. The van der Waals surface area contributed by atoms with E-state index in [2.05, 4.69) is 15.6 Å². The molecule has 0 radical (unpaired) electrons. The Labute approximate surface area is 122 Å². The van der Waals surface area contributed by atoms with E-state index in [1.165, 1.54) is 12.8 Å². The smallest absolute Gasteiger partial charge is 0.256 e. The van der Waals surface area contributed by atoms with Crippen LogP contribution in [0.2, 0.25) is 5.02 Å². The molecule has 3 rings (SSSR count). The van der Waals surface area contributed by atoms with E-state index in [4.69, 9.17) is 11.6 Å². The highest BCUT2D eigenvalue weighted by Gasteiger charge is 2.20. The van der Waals surface area contributed by atoms with Crippen LogP contribution >= 0.6 is 11.6 Å². The summed E-state index contributed by atoms with van der Waals surface area (Å²) in [5.41, 5.74) is 1.49. The first-order chi connectivity index (χ1) is 9.70. The van der Waals surface area contributed by atoms with E-state index in [0.29, 0.717) is 22.4 Å². The first kappa shape index (κ1) is 12.9. The van der Waals surface area contributed by atoms with Gasteiger partial charge in [-0.05, 0) is 43.2 Å². The third-order valence-electron chi connectivity index (χ3n) is 3.04. The predicted octanol–water partition coefficient (Wildman–Crippen LogP) is 3.56. The van der Waals surface area contributed by atoms with Gasteiger partial charge in [0.2, 0.25) is 0 Å². The average molecular weight is 288 g/mol. The van der Waals surface area contributed by atoms with Crippen LogP contribution in [0.3, 0.4) is 0 Å². The number of carbonyl (C=O) groups excluding carboxylic acids is 1. The number of anilines is 2. The van der Waals surface area contributed by atoms with Gasteiger partial charge in [0.25, 0.3) is 5.91 Å². The first-order valence-corrected chi connectivity index (χ1v) is 6.88. The molecule has 1 saturated carbocycles. The Kier molecular flexibility index (Phi) is 3.56. The number of aromatic nitrogens is 1. The molecule has 0 spiro atoms. The van der Waals surface area contributed by atoms with Crippen LogP contribution in [0.5, 0.6) is 0 Å². The molecule has 5 heteroatoms. The maximum absolute atomic E-state index is 12.0. The summed E-state index contributed by atoms with van der Waals surface area (Å²) in [5, 5.41) is 6.62. The lowest BCUT2D eigenvalue weighted by molar-refractivity contribution is 0.102. The molecular weight excluding hydrogens is 274 g/mol. The number of carbonyl (C=O) groups is 1. The van der Waals surface area contributed by atoms with Crippen molar-refractivity contribution in [2.75, 3.05) is 10.6 Å². The number of amides is 1. The Morgan fingerprint density at radius 1 is 1.25 bits per heavy atom. The van der Waals surface area contributed by atoms with Gasteiger partial charge in [0.05, 0.1) is 11.9 Å². The Morgan fingerprint density at radius 2 is 2.10 bits per heavy atom. The third-order valence-corrected chi connectivity index (χ3v) is 3.28. The Hall–Kier alpha value is -2.07. The second-order valence-corrected chi connectivity index (χ2v) is 5.25. The molecule has 0 atom stereocenters. The van der Waals surface area contributed by atoms with Gasteiger partial charge < -0.3 is 10.6 Å². The number of nitrogens with zero attached hydrogens (tertiary/aromatic N) is 1. The SMILES string of the molecule is O=C(Nc1ccc(NC2CC2)cn1)c1cccc(Cl)c1. The van der Waals surface area contributed by atoms with Crippen LogP contribution in [-0.4, -0.2) is 16.9 Å². The number of hydrogen-bond donors (Lipinski definition) is 2. The molecule has 2 N–H and O–H groups in total. The Morgan fingerprint density at radius 3 is 2.75 bits per heavy atom. The van der Waals surface area contributed by atoms with E-state index in [9.17, 15) is 4.79 Å². The van der Waals surface area contributed by atoms with E-state index < -0.39 is 0 Å². The normalized spacial score (nSPS) is 13.8. The molecule has 1 heterocycles. The van der Waals surface area contributed by atoms with E-state index in [1.807, 2.05) is 6.07 Å². The zero-order chi connectivity index (χ0) is 13.9. The van der Waals surface area contributed by atoms with E-state index in [1.54, 1.807) is 36.5 Å². The average Bonchev–Trinajstić information content (AvgIpc) is 3.25. The molecule has 0 aliphatic heterocycles. The minimum Gasteiger partial charge on any atom is -0.381 e. The highest BCUT2D eigenvalue weighted by atomic mass is 35.5. The highest BCUT2D eigenvalue weighted by Crippen LogP contribution is 2.24. The monoisotopic (exact) mass is 287 g/mol. The molecule has 0 saturated heterocycles. The zero-order valence-corrected chi connectivity index (χ0v) is 11.5. The van der Waals surface area contributed by atoms with Crippen molar-refractivity contribution in [1.29, 1.82) is 0 Å². The van der Waals surface area contributed by atoms with Crippen molar-refractivity contribution < 1.29 is 4.79 Å². The van der Waals surface area contributed by atoms with Crippen molar-refractivity contribution in [1.82, 2.24) is 4.98 Å². The largest absolute Gasteiger partial charge is 0.381 e. The summed E-state index contributed by atoms with van der Waals surface area (Å²) in [6.07, 6.45) is 4.16. The van der Waals surface area contributed by atoms with Crippen molar-refractivity contribution in [2.45, 2.75) is 18.9 Å². The Balaban J connectivity index is 1.65. The van der Waals surface area contributed by atoms with Gasteiger partial charge in [0, 0.05) is 16.6 Å². The fourth-order valence-electron chi connectivity index (χ4n) is 1.83. The van der Waals surface area contributed by atoms with Gasteiger partial charge in [0.15, 0.2) is 0 Å². The van der Waals surface area contributed by atoms with Crippen molar-refractivity contribution in [3.8, 4) is 0 Å². The summed E-state index contributed by atoms with van der Waals surface area (Å²) >= 11 is 5.86. The Bertz CT molecular complexity index is 623. The van der Waals surface area contributed by atoms with Gasteiger partial charge in [0.1, 0.15) is 5.82 Å². The van der Waals surface area contributed by atoms with Gasteiger partial charge in [-0.2, -0.15) is 0 Å². The quantitative estimate of drug-likeness (QED) is 0.904. The molecule has 1 aromatic carbocycles. The van der Waals surface area contributed by atoms with Crippen molar-refractivity contribution in [2.24, 2.45) is 0 Å². The number of halogens is 1. The predicted molar refractivity (Wildman–Crippen MR) is 80.3 cm³/mol. The summed E-state index contributed by atoms with van der Waals surface area (Å²) in [6, 6.07) is 11.1. The second kappa shape index (κ2) is 5.51. The number of pyridine rings is 1. The topological polar surface area (TPSA) is 54.0 Å². The van der Waals surface area contributed by atoms with Crippen LogP contribution in [0.4, 0.5) is 11.5 Å². The minimum atomic E-state index is -0.220. The van der Waals surface area contributed by atoms with Crippen molar-refractivity contribution >= 4 is 29.0 Å². The molecule has 0 unspecified atom stereocenters. The van der Waals surface area contributed by atoms with E-state index >= 15 is 0 Å². The van der Waals surface area contributed by atoms with E-state index in [-0.39, 0.29) is 5.91 Å². The molecule has 0 bridgehead atoms. The number of hydrogen-bond acceptors (Lipinski definition) is 3. The van der Waals surface area contributed by atoms with Crippen LogP contribution in [-0.2, 0) is 0 Å². The highest BCUT2D eigenvalue weighted by molar-refractivity contribution is 6.31. The summed E-state index contributed by atoms with van der Waals surface area (Å²) in [4.78, 5) is 16.2. The molecule has 1 aliphatic rings. The molecule has 1 fully saturated rings. The molecule has 1 aliphatic carbocycles. The molecule has 4 nitrogen and oxygen atoms in total. The minimum absolute atomic E-state index is 0.220. The molecule has 2 aromatic rings. The first-order valence-electron chi connectivity index (χ1n) is 6.50. The maximum atomic E-state index is 12.0. The van der Waals surface area contributed by atoms with Crippen molar-refractivity contribution in [3.63, 3.8) is 0 Å². The van der Waals surface area contributed by atoms with Crippen LogP contribution in [0, 0.1) is 0 Å². The molecule has 20 heavy (non-hydrogen) atoms. The summed E-state index contributed by atoms with van der Waals surface area (Å²) < 4.78 is 0. The number of benzene rings is 1. The number of nitrogens with one attached hydrogen (secondary N) is 2. The zero-order valence-electron chi connectivity index (χ0n) is 10.8. The molecular formula is C15H14ClN3O. The third kappa shape index (κ3) is 3.27. The van der Waals surface area contributed by atoms with Gasteiger partial charge in [-0.1, -0.05) is 17.7 Å². The summed E-state index contributed by atoms with van der Waals surface area (Å²) in [5.74, 6) is 0.305. The molecule has 102 valence electrons. The lowest BCUT2D eigenvalue weighted by Crippen LogP contribution is -2.13. The van der Waals surface area contributed by atoms with Crippen molar-refractivity contribution in [3.05, 3.63) is 53.2 Å². The van der Waals surface area contributed by atoms with Gasteiger partial charge in [-0.3, -0.25) is 4.79 Å². The van der Waals surface area contributed by atoms with Crippen LogP contribution < -0.4 is 10.6 Å². The number of rotatable bonds is 4. The lowest BCUT2D eigenvalue weighted by Gasteiger charge is -2.07. The molecule has 1 amide bonds. The second-order valence-electron chi connectivity index (χ2n) is 4.82. The standard InChI is InChI=1S/C15H14ClN3O/c16-11-3-1-2-10(8-11)15(20)19-14-7-6-13(9-17-14)18-12-4-5-12/h1-3,6-9,12,18H,4-5H2,(H,17,19,20). The van der Waals surface area contributed by atoms with E-state index in [0.717, 1.165) is 5.69 Å². The maximum Gasteiger partial charge on any atom is 0.256 e. The van der Waals surface area contributed by atoms with Gasteiger partial charge in [-0.15, -0.1) is 0 Å². The van der Waals surface area contributed by atoms with Crippen LogP contribution in [0.1, 0.15) is 23.2 Å². The van der Waals surface area contributed by atoms with Gasteiger partial charge >= 0.3 is 0 Å². The van der Waals surface area contributed by atoms with Crippen LogP contribution in [0.25, 0.3) is 0 Å². The molecule has 1 aromatic heterocycles. The summed E-state index contributed by atoms with van der Waals surface area (Å²) in [6.45, 7) is 0.